The molecule has 6 rings (SSSR count). The monoisotopic (exact) mass is 498 g/mol. The summed E-state index contributed by atoms with van der Waals surface area (Å²) >= 11 is 0. The molecule has 4 saturated carbocycles. The van der Waals surface area contributed by atoms with Crippen LogP contribution >= 0.6 is 0 Å². The summed E-state index contributed by atoms with van der Waals surface area (Å²) in [6.07, 6.45) is 10.1. The van der Waals surface area contributed by atoms with Gasteiger partial charge in [-0.15, -0.1) is 0 Å². The molecule has 1 saturated heterocycles. The van der Waals surface area contributed by atoms with Crippen LogP contribution in [0.15, 0.2) is 24.3 Å². The normalized spacial score (nSPS) is 33.4. The van der Waals surface area contributed by atoms with Gasteiger partial charge in [0.25, 0.3) is 0 Å². The van der Waals surface area contributed by atoms with Gasteiger partial charge < -0.3 is 19.5 Å². The zero-order valence-electron chi connectivity index (χ0n) is 22.6. The number of carbonyl (C=O) groups is 1. The number of anilines is 1. The maximum atomic E-state index is 11.1. The van der Waals surface area contributed by atoms with Crippen LogP contribution in [-0.2, 0) is 4.74 Å². The predicted octanol–water partition coefficient (Wildman–Crippen LogP) is 6.58. The van der Waals surface area contributed by atoms with E-state index in [1.807, 2.05) is 0 Å². The molecule has 4 aliphatic carbocycles. The van der Waals surface area contributed by atoms with Gasteiger partial charge in [-0.05, 0) is 105 Å². The Morgan fingerprint density at radius 3 is 2.03 bits per heavy atom. The van der Waals surface area contributed by atoms with E-state index in [4.69, 9.17) is 14.6 Å². The summed E-state index contributed by atoms with van der Waals surface area (Å²) < 4.78 is 11.7. The van der Waals surface area contributed by atoms with Crippen LogP contribution in [0.4, 0.5) is 10.5 Å². The second-order valence-electron chi connectivity index (χ2n) is 13.3. The van der Waals surface area contributed by atoms with Gasteiger partial charge in [0.05, 0.1) is 6.10 Å². The maximum Gasteiger partial charge on any atom is 0.506 e. The zero-order valence-corrected chi connectivity index (χ0v) is 22.6. The minimum atomic E-state index is -1.11. The van der Waals surface area contributed by atoms with Gasteiger partial charge in [0.2, 0.25) is 0 Å². The van der Waals surface area contributed by atoms with E-state index in [0.29, 0.717) is 16.9 Å². The fraction of sp³-hybridized carbons (Fsp3) is 0.767. The predicted molar refractivity (Wildman–Crippen MR) is 143 cm³/mol. The van der Waals surface area contributed by atoms with Gasteiger partial charge in [-0.25, -0.2) is 4.79 Å². The molecular formula is C30H46N2O4. The van der Waals surface area contributed by atoms with E-state index >= 15 is 0 Å². The lowest BCUT2D eigenvalue weighted by Gasteiger charge is -2.54. The fourth-order valence-corrected chi connectivity index (χ4v) is 7.42. The van der Waals surface area contributed by atoms with Gasteiger partial charge in [0.15, 0.2) is 0 Å². The molecule has 0 spiro atoms. The summed E-state index contributed by atoms with van der Waals surface area (Å²) in [7, 11) is 0. The number of fused-ring (bicyclic) bond motifs is 3. The van der Waals surface area contributed by atoms with E-state index in [-0.39, 0.29) is 0 Å². The van der Waals surface area contributed by atoms with Crippen molar-refractivity contribution in [1.82, 2.24) is 4.90 Å². The maximum absolute atomic E-state index is 11.1. The van der Waals surface area contributed by atoms with E-state index in [1.165, 1.54) is 31.4 Å². The first-order valence-electron chi connectivity index (χ1n) is 14.3. The first kappa shape index (κ1) is 25.7. The molecule has 200 valence electrons. The topological polar surface area (TPSA) is 62.2 Å². The van der Waals surface area contributed by atoms with Gasteiger partial charge in [-0.1, -0.05) is 20.8 Å². The van der Waals surface area contributed by atoms with Crippen LogP contribution in [0, 0.1) is 16.7 Å². The standard InChI is InChI=1S/C30H46N2O4/c1-28(2,3)23-4-8-25(9-5-23)35-26-10-6-24(7-11-26)32-20-18-31(19-21-32)22-29-12-15-30(16-13-29,17-14-29)36-27(33)34/h6-7,10-11,23,25H,4-5,8-9,12-22H2,1-3H3,(H,33,34)/t23-,25-,29?,30?. The Kier molecular flexibility index (Phi) is 7.19. The zero-order chi connectivity index (χ0) is 25.4. The van der Waals surface area contributed by atoms with Crippen LogP contribution in [-0.4, -0.2) is 60.6 Å². The van der Waals surface area contributed by atoms with Crippen molar-refractivity contribution < 1.29 is 19.4 Å². The van der Waals surface area contributed by atoms with Crippen molar-refractivity contribution in [3.05, 3.63) is 24.3 Å². The highest BCUT2D eigenvalue weighted by molar-refractivity contribution is 5.57. The van der Waals surface area contributed by atoms with Crippen LogP contribution in [0.25, 0.3) is 0 Å². The summed E-state index contributed by atoms with van der Waals surface area (Å²) in [5.74, 6) is 1.82. The molecule has 36 heavy (non-hydrogen) atoms. The second kappa shape index (κ2) is 10.1. The van der Waals surface area contributed by atoms with Crippen LogP contribution < -0.4 is 9.64 Å². The first-order valence-corrected chi connectivity index (χ1v) is 14.3. The number of nitrogens with zero attached hydrogens (tertiary/aromatic N) is 2. The smallest absolute Gasteiger partial charge is 0.490 e. The lowest BCUT2D eigenvalue weighted by Crippen LogP contribution is -2.55. The molecule has 6 heteroatoms. The lowest BCUT2D eigenvalue weighted by molar-refractivity contribution is -0.116. The number of ether oxygens (including phenoxy) is 2. The van der Waals surface area contributed by atoms with Crippen LogP contribution in [0.1, 0.15) is 85.0 Å². The second-order valence-corrected chi connectivity index (χ2v) is 13.3. The molecule has 2 bridgehead atoms. The summed E-state index contributed by atoms with van der Waals surface area (Å²) in [6, 6.07) is 8.78. The van der Waals surface area contributed by atoms with Gasteiger partial charge in [0, 0.05) is 38.4 Å². The number of hydrogen-bond acceptors (Lipinski definition) is 5. The van der Waals surface area contributed by atoms with Crippen molar-refractivity contribution in [2.45, 2.75) is 96.7 Å². The van der Waals surface area contributed by atoms with Crippen molar-refractivity contribution in [2.24, 2.45) is 16.7 Å². The van der Waals surface area contributed by atoms with Gasteiger partial charge in [-0.2, -0.15) is 0 Å². The Morgan fingerprint density at radius 2 is 1.50 bits per heavy atom. The molecular weight excluding hydrogens is 452 g/mol. The molecule has 0 unspecified atom stereocenters. The van der Waals surface area contributed by atoms with Crippen molar-refractivity contribution in [3.8, 4) is 5.75 Å². The minimum Gasteiger partial charge on any atom is -0.490 e. The molecule has 5 aliphatic rings. The lowest BCUT2D eigenvalue weighted by atomic mass is 9.58. The van der Waals surface area contributed by atoms with Crippen LogP contribution in [0.5, 0.6) is 5.75 Å². The van der Waals surface area contributed by atoms with Crippen molar-refractivity contribution >= 4 is 11.8 Å². The SMILES string of the molecule is CC(C)(C)[C@H]1CC[C@H](Oc2ccc(N3CCN(CC45CCC(OC(=O)O)(CC4)CC5)CC3)cc2)CC1. The molecule has 0 aromatic heterocycles. The summed E-state index contributed by atoms with van der Waals surface area (Å²) in [5.41, 5.74) is 1.67. The van der Waals surface area contributed by atoms with E-state index in [9.17, 15) is 4.79 Å². The number of hydrogen-bond donors (Lipinski definition) is 1. The quantitative estimate of drug-likeness (QED) is 0.447. The van der Waals surface area contributed by atoms with Gasteiger partial charge in [-0.3, -0.25) is 4.90 Å². The summed E-state index contributed by atoms with van der Waals surface area (Å²) in [4.78, 5) is 16.2. The van der Waals surface area contributed by atoms with Crippen molar-refractivity contribution in [1.29, 1.82) is 0 Å². The number of rotatable bonds is 6. The van der Waals surface area contributed by atoms with Crippen LogP contribution in [0.2, 0.25) is 0 Å². The van der Waals surface area contributed by atoms with Crippen molar-refractivity contribution in [3.63, 3.8) is 0 Å². The molecule has 1 N–H and O–H groups in total. The van der Waals surface area contributed by atoms with E-state index in [0.717, 1.165) is 82.9 Å². The molecule has 6 nitrogen and oxygen atoms in total. The highest BCUT2D eigenvalue weighted by Gasteiger charge is 2.51. The molecule has 0 radical (unpaired) electrons. The first-order chi connectivity index (χ1) is 17.1. The van der Waals surface area contributed by atoms with Crippen LogP contribution in [0.3, 0.4) is 0 Å². The average Bonchev–Trinajstić information content (AvgIpc) is 2.86. The third kappa shape index (κ3) is 5.79. The minimum absolute atomic E-state index is 0.358. The Bertz CT molecular complexity index is 868. The molecule has 0 atom stereocenters. The van der Waals surface area contributed by atoms with Gasteiger partial charge in [0.1, 0.15) is 11.4 Å². The Hall–Kier alpha value is -1.95. The Morgan fingerprint density at radius 1 is 0.917 bits per heavy atom. The van der Waals surface area contributed by atoms with E-state index in [2.05, 4.69) is 54.8 Å². The van der Waals surface area contributed by atoms with Gasteiger partial charge >= 0.3 is 6.16 Å². The molecule has 1 heterocycles. The summed E-state index contributed by atoms with van der Waals surface area (Å²) in [5, 5.41) is 9.10. The number of benzene rings is 1. The highest BCUT2D eigenvalue weighted by atomic mass is 16.7. The molecule has 5 fully saturated rings. The van der Waals surface area contributed by atoms with Crippen molar-refractivity contribution in [2.75, 3.05) is 37.6 Å². The Balaban J connectivity index is 1.06. The number of piperazine rings is 1. The number of carboxylic acid groups (broad SMARTS) is 1. The molecule has 1 aromatic carbocycles. The Labute approximate surface area is 217 Å². The van der Waals surface area contributed by atoms with E-state index in [1.54, 1.807) is 0 Å². The molecule has 0 amide bonds. The third-order valence-corrected chi connectivity index (χ3v) is 9.97. The summed E-state index contributed by atoms with van der Waals surface area (Å²) in [6.45, 7) is 12.5. The highest BCUT2D eigenvalue weighted by Crippen LogP contribution is 2.54. The third-order valence-electron chi connectivity index (χ3n) is 9.97. The fourth-order valence-electron chi connectivity index (χ4n) is 7.42. The molecule has 1 aromatic rings. The van der Waals surface area contributed by atoms with E-state index < -0.39 is 11.8 Å². The largest absolute Gasteiger partial charge is 0.506 e. The average molecular weight is 499 g/mol. The molecule has 1 aliphatic heterocycles.